The first kappa shape index (κ1) is 14.2. The number of cyclic esters (lactones) is 1. The van der Waals surface area contributed by atoms with Gasteiger partial charge in [0, 0.05) is 0 Å². The highest BCUT2D eigenvalue weighted by molar-refractivity contribution is 5.78. The molecule has 5 nitrogen and oxygen atoms in total. The fourth-order valence-electron chi connectivity index (χ4n) is 1.86. The van der Waals surface area contributed by atoms with Crippen LogP contribution >= 0.6 is 0 Å². The minimum Gasteiger partial charge on any atom is -0.480 e. The molecule has 1 heterocycles. The molecule has 0 aromatic heterocycles. The molecule has 2 rings (SSSR count). The van der Waals surface area contributed by atoms with Crippen LogP contribution in [0.2, 0.25) is 0 Å². The van der Waals surface area contributed by atoms with Gasteiger partial charge in [0.25, 0.3) is 0 Å². The molecule has 1 aliphatic heterocycles. The summed E-state index contributed by atoms with van der Waals surface area (Å²) in [6.45, 7) is -0.507. The third-order valence-corrected chi connectivity index (χ3v) is 2.82. The summed E-state index contributed by atoms with van der Waals surface area (Å²) in [6, 6.07) is 4.21. The van der Waals surface area contributed by atoms with E-state index in [4.69, 9.17) is 9.84 Å². The Morgan fingerprint density at radius 3 is 2.45 bits per heavy atom. The zero-order valence-electron chi connectivity index (χ0n) is 10.1. The van der Waals surface area contributed by atoms with Crippen molar-refractivity contribution in [3.05, 3.63) is 35.4 Å². The standard InChI is InChI=1S/C12H10F3NO4/c13-12(14,15)8-3-1-7(2-4-8)9-5-16(6-10(17)18)11(19)20-9/h1-4,9H,5-6H2,(H,17,18). The zero-order valence-corrected chi connectivity index (χ0v) is 10.1. The summed E-state index contributed by atoms with van der Waals surface area (Å²) < 4.78 is 42.1. The van der Waals surface area contributed by atoms with Crippen LogP contribution in [0.4, 0.5) is 18.0 Å². The van der Waals surface area contributed by atoms with Crippen LogP contribution in [0.5, 0.6) is 0 Å². The predicted octanol–water partition coefficient (Wildman–Crippen LogP) is 2.28. The largest absolute Gasteiger partial charge is 0.480 e. The fourth-order valence-corrected chi connectivity index (χ4v) is 1.86. The number of aliphatic carboxylic acids is 1. The zero-order chi connectivity index (χ0) is 14.9. The number of ether oxygens (including phenoxy) is 1. The topological polar surface area (TPSA) is 66.8 Å². The number of carbonyl (C=O) groups is 2. The average Bonchev–Trinajstić information content (AvgIpc) is 2.69. The van der Waals surface area contributed by atoms with Crippen molar-refractivity contribution in [2.45, 2.75) is 12.3 Å². The average molecular weight is 289 g/mol. The number of hydrogen-bond donors (Lipinski definition) is 1. The molecule has 1 fully saturated rings. The van der Waals surface area contributed by atoms with E-state index >= 15 is 0 Å². The minimum absolute atomic E-state index is 0.00347. The highest BCUT2D eigenvalue weighted by Gasteiger charge is 2.34. The number of halogens is 3. The first-order valence-electron chi connectivity index (χ1n) is 5.62. The number of hydrogen-bond acceptors (Lipinski definition) is 3. The minimum atomic E-state index is -4.43. The molecule has 1 atom stereocenters. The van der Waals surface area contributed by atoms with Gasteiger partial charge in [0.1, 0.15) is 12.6 Å². The third kappa shape index (κ3) is 3.01. The molecule has 1 unspecified atom stereocenters. The first-order chi connectivity index (χ1) is 9.27. The smallest absolute Gasteiger partial charge is 0.416 e. The number of carboxylic acids is 1. The second-order valence-corrected chi connectivity index (χ2v) is 4.27. The SMILES string of the molecule is O=C(O)CN1CC(c2ccc(C(F)(F)F)cc2)OC1=O. The Bertz CT molecular complexity index is 526. The number of amides is 1. The number of alkyl halides is 3. The highest BCUT2D eigenvalue weighted by atomic mass is 19.4. The number of benzene rings is 1. The lowest BCUT2D eigenvalue weighted by molar-refractivity contribution is -0.138. The number of carboxylic acid groups (broad SMARTS) is 1. The van der Waals surface area contributed by atoms with E-state index in [1.54, 1.807) is 0 Å². The van der Waals surface area contributed by atoms with Crippen LogP contribution in [0.15, 0.2) is 24.3 Å². The van der Waals surface area contributed by atoms with Crippen LogP contribution in [0.3, 0.4) is 0 Å². The predicted molar refractivity (Wildman–Crippen MR) is 59.9 cm³/mol. The summed E-state index contributed by atoms with van der Waals surface area (Å²) in [4.78, 5) is 22.9. The van der Waals surface area contributed by atoms with E-state index in [0.29, 0.717) is 5.56 Å². The quantitative estimate of drug-likeness (QED) is 0.927. The van der Waals surface area contributed by atoms with Crippen molar-refractivity contribution in [2.75, 3.05) is 13.1 Å². The molecule has 0 aliphatic carbocycles. The molecule has 20 heavy (non-hydrogen) atoms. The summed E-state index contributed by atoms with van der Waals surface area (Å²) in [5.74, 6) is -1.19. The van der Waals surface area contributed by atoms with Crippen LogP contribution in [-0.4, -0.2) is 35.2 Å². The molecule has 1 N–H and O–H groups in total. The van der Waals surface area contributed by atoms with Crippen molar-refractivity contribution in [2.24, 2.45) is 0 Å². The van der Waals surface area contributed by atoms with Gasteiger partial charge >= 0.3 is 18.2 Å². The van der Waals surface area contributed by atoms with Crippen LogP contribution < -0.4 is 0 Å². The molecule has 108 valence electrons. The van der Waals surface area contributed by atoms with Crippen LogP contribution in [-0.2, 0) is 15.7 Å². The normalized spacial score (nSPS) is 19.1. The van der Waals surface area contributed by atoms with Crippen molar-refractivity contribution in [3.8, 4) is 0 Å². The van der Waals surface area contributed by atoms with Crippen molar-refractivity contribution < 1.29 is 32.6 Å². The van der Waals surface area contributed by atoms with E-state index in [1.165, 1.54) is 12.1 Å². The van der Waals surface area contributed by atoms with E-state index in [-0.39, 0.29) is 6.54 Å². The van der Waals surface area contributed by atoms with Crippen molar-refractivity contribution in [1.29, 1.82) is 0 Å². The molecular formula is C12H10F3NO4. The Morgan fingerprint density at radius 2 is 1.95 bits per heavy atom. The highest BCUT2D eigenvalue weighted by Crippen LogP contribution is 2.31. The summed E-state index contributed by atoms with van der Waals surface area (Å²) in [5, 5.41) is 8.60. The molecular weight excluding hydrogens is 279 g/mol. The number of carbonyl (C=O) groups excluding carboxylic acids is 1. The summed E-state index contributed by atoms with van der Waals surface area (Å²) in [5.41, 5.74) is -0.410. The Balaban J connectivity index is 2.10. The van der Waals surface area contributed by atoms with Gasteiger partial charge in [-0.2, -0.15) is 13.2 Å². The molecule has 0 saturated carbocycles. The van der Waals surface area contributed by atoms with Gasteiger partial charge in [0.05, 0.1) is 12.1 Å². The van der Waals surface area contributed by atoms with Crippen molar-refractivity contribution >= 4 is 12.1 Å². The van der Waals surface area contributed by atoms with Gasteiger partial charge in [-0.15, -0.1) is 0 Å². The molecule has 1 aliphatic rings. The fraction of sp³-hybridized carbons (Fsp3) is 0.333. The van der Waals surface area contributed by atoms with Gasteiger partial charge < -0.3 is 9.84 Å². The maximum absolute atomic E-state index is 12.4. The van der Waals surface area contributed by atoms with Gasteiger partial charge in [-0.05, 0) is 17.7 Å². The lowest BCUT2D eigenvalue weighted by Gasteiger charge is -2.11. The van der Waals surface area contributed by atoms with Gasteiger partial charge in [0.2, 0.25) is 0 Å². The van der Waals surface area contributed by atoms with Crippen LogP contribution in [0, 0.1) is 0 Å². The summed E-state index contributed by atoms with van der Waals surface area (Å²) >= 11 is 0. The molecule has 0 spiro atoms. The second kappa shape index (κ2) is 5.03. The van der Waals surface area contributed by atoms with Crippen LogP contribution in [0.1, 0.15) is 17.2 Å². The van der Waals surface area contributed by atoms with Gasteiger partial charge in [-0.25, -0.2) is 4.79 Å². The van der Waals surface area contributed by atoms with E-state index in [0.717, 1.165) is 17.0 Å². The molecule has 1 aromatic carbocycles. The third-order valence-electron chi connectivity index (χ3n) is 2.82. The van der Waals surface area contributed by atoms with E-state index in [2.05, 4.69) is 0 Å². The Morgan fingerprint density at radius 1 is 1.35 bits per heavy atom. The van der Waals surface area contributed by atoms with Crippen LogP contribution in [0.25, 0.3) is 0 Å². The Hall–Kier alpha value is -2.25. The number of rotatable bonds is 3. The lowest BCUT2D eigenvalue weighted by atomic mass is 10.1. The Labute approximate surface area is 111 Å². The maximum Gasteiger partial charge on any atom is 0.416 e. The first-order valence-corrected chi connectivity index (χ1v) is 5.62. The van der Waals surface area contributed by atoms with Crippen molar-refractivity contribution in [1.82, 2.24) is 4.90 Å². The van der Waals surface area contributed by atoms with E-state index < -0.39 is 36.5 Å². The van der Waals surface area contributed by atoms with E-state index in [1.807, 2.05) is 0 Å². The monoisotopic (exact) mass is 289 g/mol. The summed E-state index contributed by atoms with van der Waals surface area (Å²) in [6.07, 6.45) is -5.98. The Kier molecular flexibility index (Phi) is 3.56. The molecule has 1 amide bonds. The second-order valence-electron chi connectivity index (χ2n) is 4.27. The molecule has 1 saturated heterocycles. The van der Waals surface area contributed by atoms with Gasteiger partial charge in [-0.3, -0.25) is 9.69 Å². The maximum atomic E-state index is 12.4. The van der Waals surface area contributed by atoms with Gasteiger partial charge in [-0.1, -0.05) is 12.1 Å². The molecule has 0 radical (unpaired) electrons. The van der Waals surface area contributed by atoms with Crippen molar-refractivity contribution in [3.63, 3.8) is 0 Å². The van der Waals surface area contributed by atoms with E-state index in [9.17, 15) is 22.8 Å². The molecule has 0 bridgehead atoms. The lowest BCUT2D eigenvalue weighted by Crippen LogP contribution is -2.30. The molecule has 8 heteroatoms. The van der Waals surface area contributed by atoms with Gasteiger partial charge in [0.15, 0.2) is 0 Å². The summed E-state index contributed by atoms with van der Waals surface area (Å²) in [7, 11) is 0. The number of nitrogens with zero attached hydrogens (tertiary/aromatic N) is 1. The molecule has 1 aromatic rings.